The highest BCUT2D eigenvalue weighted by atomic mass is 32.1. The summed E-state index contributed by atoms with van der Waals surface area (Å²) in [6.07, 6.45) is 1.04. The third kappa shape index (κ3) is 1.39. The maximum absolute atomic E-state index is 9.05. The standard InChI is InChI=1S/C10H13N3S/c1-6-3-9-8(5-13-6)7(4-11)10(12-2)14-9/h6,12-13H,3,5H2,1-2H3. The number of nitriles is 1. The lowest BCUT2D eigenvalue weighted by Crippen LogP contribution is -2.32. The average Bonchev–Trinajstić information content (AvgIpc) is 2.54. The number of hydrogen-bond donors (Lipinski definition) is 2. The Balaban J connectivity index is 2.47. The average molecular weight is 207 g/mol. The van der Waals surface area contributed by atoms with Crippen molar-refractivity contribution in [2.75, 3.05) is 12.4 Å². The molecule has 74 valence electrons. The van der Waals surface area contributed by atoms with E-state index in [4.69, 9.17) is 5.26 Å². The van der Waals surface area contributed by atoms with Crippen LogP contribution in [0.2, 0.25) is 0 Å². The van der Waals surface area contributed by atoms with Crippen molar-refractivity contribution in [2.45, 2.75) is 25.9 Å². The van der Waals surface area contributed by atoms with Crippen molar-refractivity contribution in [3.8, 4) is 6.07 Å². The molecule has 0 aromatic carbocycles. The first-order valence-electron chi connectivity index (χ1n) is 4.72. The molecule has 0 spiro atoms. The second kappa shape index (κ2) is 3.60. The Morgan fingerprint density at radius 1 is 1.64 bits per heavy atom. The Morgan fingerprint density at radius 2 is 2.43 bits per heavy atom. The summed E-state index contributed by atoms with van der Waals surface area (Å²) in [6, 6.07) is 2.80. The highest BCUT2D eigenvalue weighted by Gasteiger charge is 2.22. The number of nitrogens with one attached hydrogen (secondary N) is 2. The van der Waals surface area contributed by atoms with Gasteiger partial charge in [0.25, 0.3) is 0 Å². The fraction of sp³-hybridized carbons (Fsp3) is 0.500. The number of nitrogens with zero attached hydrogens (tertiary/aromatic N) is 1. The molecule has 0 saturated carbocycles. The van der Waals surface area contributed by atoms with Crippen molar-refractivity contribution < 1.29 is 0 Å². The first kappa shape index (κ1) is 9.50. The molecule has 0 bridgehead atoms. The van der Waals surface area contributed by atoms with Gasteiger partial charge in [0.2, 0.25) is 0 Å². The van der Waals surface area contributed by atoms with Gasteiger partial charge in [-0.2, -0.15) is 5.26 Å². The molecule has 1 unspecified atom stereocenters. The molecule has 1 atom stereocenters. The second-order valence-electron chi connectivity index (χ2n) is 3.56. The highest BCUT2D eigenvalue weighted by Crippen LogP contribution is 2.35. The number of rotatable bonds is 1. The molecule has 2 N–H and O–H groups in total. The Hall–Kier alpha value is -1.05. The molecule has 2 heterocycles. The molecular formula is C10H13N3S. The quantitative estimate of drug-likeness (QED) is 0.737. The van der Waals surface area contributed by atoms with E-state index in [0.29, 0.717) is 6.04 Å². The summed E-state index contributed by atoms with van der Waals surface area (Å²) >= 11 is 1.72. The molecule has 0 fully saturated rings. The lowest BCUT2D eigenvalue weighted by atomic mass is 10.0. The summed E-state index contributed by atoms with van der Waals surface area (Å²) in [5, 5.41) is 16.5. The predicted octanol–water partition coefficient (Wildman–Crippen LogP) is 1.70. The van der Waals surface area contributed by atoms with Gasteiger partial charge in [-0.15, -0.1) is 11.3 Å². The molecule has 14 heavy (non-hydrogen) atoms. The summed E-state index contributed by atoms with van der Waals surface area (Å²) < 4.78 is 0. The van der Waals surface area contributed by atoms with Crippen LogP contribution in [-0.2, 0) is 13.0 Å². The van der Waals surface area contributed by atoms with Gasteiger partial charge in [-0.05, 0) is 18.9 Å². The molecule has 3 nitrogen and oxygen atoms in total. The molecule has 0 saturated heterocycles. The van der Waals surface area contributed by atoms with Crippen LogP contribution in [0.5, 0.6) is 0 Å². The number of thiophene rings is 1. The Morgan fingerprint density at radius 3 is 3.07 bits per heavy atom. The van der Waals surface area contributed by atoms with Gasteiger partial charge in [0.05, 0.1) is 5.56 Å². The van der Waals surface area contributed by atoms with E-state index in [1.165, 1.54) is 10.4 Å². The molecule has 1 aromatic rings. The molecular weight excluding hydrogens is 194 g/mol. The fourth-order valence-electron chi connectivity index (χ4n) is 1.78. The van der Waals surface area contributed by atoms with Crippen molar-refractivity contribution in [1.82, 2.24) is 5.32 Å². The zero-order valence-corrected chi connectivity index (χ0v) is 9.16. The Bertz CT molecular complexity index is 389. The van der Waals surface area contributed by atoms with Crippen LogP contribution < -0.4 is 10.6 Å². The molecule has 4 heteroatoms. The van der Waals surface area contributed by atoms with Gasteiger partial charge < -0.3 is 10.6 Å². The first-order valence-corrected chi connectivity index (χ1v) is 5.53. The van der Waals surface area contributed by atoms with Crippen molar-refractivity contribution >= 4 is 16.3 Å². The van der Waals surface area contributed by atoms with Crippen LogP contribution in [0.15, 0.2) is 0 Å². The highest BCUT2D eigenvalue weighted by molar-refractivity contribution is 7.16. The molecule has 2 rings (SSSR count). The second-order valence-corrected chi connectivity index (χ2v) is 4.66. The molecule has 1 aliphatic heterocycles. The van der Waals surface area contributed by atoms with Crippen LogP contribution >= 0.6 is 11.3 Å². The lowest BCUT2D eigenvalue weighted by Gasteiger charge is -2.19. The van der Waals surface area contributed by atoms with Crippen molar-refractivity contribution in [1.29, 1.82) is 5.26 Å². The minimum absolute atomic E-state index is 0.525. The zero-order chi connectivity index (χ0) is 10.1. The smallest absolute Gasteiger partial charge is 0.107 e. The number of anilines is 1. The maximum Gasteiger partial charge on any atom is 0.107 e. The van der Waals surface area contributed by atoms with Gasteiger partial charge in [0.1, 0.15) is 11.1 Å². The van der Waals surface area contributed by atoms with E-state index in [0.717, 1.165) is 23.5 Å². The largest absolute Gasteiger partial charge is 0.379 e. The number of hydrogen-bond acceptors (Lipinski definition) is 4. The van der Waals surface area contributed by atoms with Crippen molar-refractivity contribution in [2.24, 2.45) is 0 Å². The van der Waals surface area contributed by atoms with E-state index in [2.05, 4.69) is 23.6 Å². The minimum atomic E-state index is 0.525. The normalized spacial score (nSPS) is 19.9. The molecule has 0 amide bonds. The van der Waals surface area contributed by atoms with E-state index < -0.39 is 0 Å². The Kier molecular flexibility index (Phi) is 2.44. The van der Waals surface area contributed by atoms with Gasteiger partial charge in [0, 0.05) is 24.5 Å². The molecule has 1 aliphatic rings. The minimum Gasteiger partial charge on any atom is -0.379 e. The summed E-state index contributed by atoms with van der Waals surface area (Å²) in [4.78, 5) is 1.36. The lowest BCUT2D eigenvalue weighted by molar-refractivity contribution is 0.519. The number of fused-ring (bicyclic) bond motifs is 1. The summed E-state index contributed by atoms with van der Waals surface area (Å²) in [5.74, 6) is 0. The van der Waals surface area contributed by atoms with Crippen LogP contribution in [0.3, 0.4) is 0 Å². The van der Waals surface area contributed by atoms with Gasteiger partial charge in [-0.3, -0.25) is 0 Å². The van der Waals surface area contributed by atoms with Crippen LogP contribution in [0.1, 0.15) is 22.9 Å². The van der Waals surface area contributed by atoms with Gasteiger partial charge in [0.15, 0.2) is 0 Å². The van der Waals surface area contributed by atoms with Crippen LogP contribution in [0.25, 0.3) is 0 Å². The van der Waals surface area contributed by atoms with E-state index in [-0.39, 0.29) is 0 Å². The third-order valence-corrected chi connectivity index (χ3v) is 3.82. The van der Waals surface area contributed by atoms with E-state index >= 15 is 0 Å². The van der Waals surface area contributed by atoms with E-state index in [1.807, 2.05) is 7.05 Å². The van der Waals surface area contributed by atoms with Crippen LogP contribution in [0, 0.1) is 11.3 Å². The van der Waals surface area contributed by atoms with Crippen molar-refractivity contribution in [3.63, 3.8) is 0 Å². The van der Waals surface area contributed by atoms with Gasteiger partial charge >= 0.3 is 0 Å². The zero-order valence-electron chi connectivity index (χ0n) is 8.35. The van der Waals surface area contributed by atoms with Crippen LogP contribution in [0.4, 0.5) is 5.00 Å². The summed E-state index contributed by atoms with van der Waals surface area (Å²) in [5.41, 5.74) is 2.02. The van der Waals surface area contributed by atoms with Gasteiger partial charge in [-0.25, -0.2) is 0 Å². The van der Waals surface area contributed by atoms with E-state index in [9.17, 15) is 0 Å². The summed E-state index contributed by atoms with van der Waals surface area (Å²) in [7, 11) is 1.87. The predicted molar refractivity (Wildman–Crippen MR) is 58.6 cm³/mol. The van der Waals surface area contributed by atoms with E-state index in [1.54, 1.807) is 11.3 Å². The first-order chi connectivity index (χ1) is 6.76. The molecule has 0 radical (unpaired) electrons. The maximum atomic E-state index is 9.05. The topological polar surface area (TPSA) is 47.9 Å². The fourth-order valence-corrected chi connectivity index (χ4v) is 3.04. The monoisotopic (exact) mass is 207 g/mol. The van der Waals surface area contributed by atoms with Crippen LogP contribution in [-0.4, -0.2) is 13.1 Å². The Labute approximate surface area is 87.7 Å². The third-order valence-electron chi connectivity index (χ3n) is 2.55. The van der Waals surface area contributed by atoms with Crippen molar-refractivity contribution in [3.05, 3.63) is 16.0 Å². The molecule has 1 aromatic heterocycles. The SMILES string of the molecule is CNc1sc2c(c1C#N)CNC(C)C2. The molecule has 0 aliphatic carbocycles. The van der Waals surface area contributed by atoms with Gasteiger partial charge in [-0.1, -0.05) is 0 Å². The summed E-state index contributed by atoms with van der Waals surface area (Å²) in [6.45, 7) is 3.01.